The van der Waals surface area contributed by atoms with Crippen LogP contribution in [0.15, 0.2) is 36.4 Å². The Morgan fingerprint density at radius 3 is 2.69 bits per heavy atom. The van der Waals surface area contributed by atoms with Gasteiger partial charge in [0.1, 0.15) is 9.84 Å². The van der Waals surface area contributed by atoms with Gasteiger partial charge in [-0.3, -0.25) is 19.3 Å². The molecule has 1 aliphatic heterocycles. The molecule has 1 atom stereocenters. The Balaban J connectivity index is 2.40. The Hall–Kier alpha value is -3.40. The first-order valence-electron chi connectivity index (χ1n) is 13.6. The fourth-order valence-corrected chi connectivity index (χ4v) is 3.61. The molecule has 1 N–H and O–H groups in total. The summed E-state index contributed by atoms with van der Waals surface area (Å²) < 4.78 is 107. The molecule has 2 aromatic rings. The maximum absolute atomic E-state index is 13.7. The molecule has 0 fully saturated rings. The van der Waals surface area contributed by atoms with E-state index >= 15 is 0 Å². The van der Waals surface area contributed by atoms with Crippen LogP contribution in [-0.4, -0.2) is 56.6 Å². The smallest absolute Gasteiger partial charge is 0.264 e. The van der Waals surface area contributed by atoms with E-state index in [0.717, 1.165) is 31.2 Å². The van der Waals surface area contributed by atoms with Crippen molar-refractivity contribution in [2.75, 3.05) is 30.9 Å². The molecule has 0 saturated heterocycles. The van der Waals surface area contributed by atoms with E-state index in [1.807, 2.05) is 0 Å². The van der Waals surface area contributed by atoms with E-state index in [1.54, 1.807) is 0 Å². The lowest BCUT2D eigenvalue weighted by molar-refractivity contribution is -0.114. The van der Waals surface area contributed by atoms with Gasteiger partial charge in [-0.05, 0) is 36.8 Å². The summed E-state index contributed by atoms with van der Waals surface area (Å²) in [6, 6.07) is 2.45. The highest BCUT2D eigenvalue weighted by Gasteiger charge is 2.43. The summed E-state index contributed by atoms with van der Waals surface area (Å²) in [6.07, 6.45) is -4.05. The number of anilines is 1. The van der Waals surface area contributed by atoms with Crippen LogP contribution >= 0.6 is 0 Å². The molecular formula is C22H24N2O7S. The summed E-state index contributed by atoms with van der Waals surface area (Å²) in [5, 5.41) is 2.32. The van der Waals surface area contributed by atoms with Gasteiger partial charge in [0.05, 0.1) is 47.7 Å². The predicted molar refractivity (Wildman–Crippen MR) is 118 cm³/mol. The molecule has 0 saturated carbocycles. The summed E-state index contributed by atoms with van der Waals surface area (Å²) in [5.74, 6) is -4.30. The van der Waals surface area contributed by atoms with Gasteiger partial charge in [0, 0.05) is 20.0 Å². The third-order valence-electron chi connectivity index (χ3n) is 4.31. The van der Waals surface area contributed by atoms with Crippen molar-refractivity contribution in [2.45, 2.75) is 19.9 Å². The summed E-state index contributed by atoms with van der Waals surface area (Å²) in [6.45, 7) is 2.46. The first kappa shape index (κ1) is 13.9. The highest BCUT2D eigenvalue weighted by Crippen LogP contribution is 2.38. The molecule has 9 nitrogen and oxygen atoms in total. The zero-order valence-corrected chi connectivity index (χ0v) is 17.7. The maximum atomic E-state index is 13.7. The van der Waals surface area contributed by atoms with Crippen LogP contribution in [0, 0.1) is 0 Å². The summed E-state index contributed by atoms with van der Waals surface area (Å²) >= 11 is 0. The molecule has 0 unspecified atom stereocenters. The average Bonchev–Trinajstić information content (AvgIpc) is 3.08. The number of nitrogens with one attached hydrogen (secondary N) is 1. The lowest BCUT2D eigenvalue weighted by Crippen LogP contribution is -2.37. The van der Waals surface area contributed by atoms with Crippen LogP contribution < -0.4 is 14.8 Å². The van der Waals surface area contributed by atoms with Gasteiger partial charge < -0.3 is 14.8 Å². The molecule has 3 amide bonds. The van der Waals surface area contributed by atoms with Crippen molar-refractivity contribution in [3.63, 3.8) is 0 Å². The molecule has 0 spiro atoms. The van der Waals surface area contributed by atoms with Gasteiger partial charge in [-0.2, -0.15) is 0 Å². The van der Waals surface area contributed by atoms with Crippen LogP contribution in [0.2, 0.25) is 0 Å². The van der Waals surface area contributed by atoms with Gasteiger partial charge in [0.2, 0.25) is 5.91 Å². The van der Waals surface area contributed by atoms with Crippen molar-refractivity contribution < 1.29 is 44.6 Å². The number of hydrogen-bond acceptors (Lipinski definition) is 7. The van der Waals surface area contributed by atoms with Crippen molar-refractivity contribution in [2.24, 2.45) is 0 Å². The van der Waals surface area contributed by atoms with Crippen LogP contribution in [0.25, 0.3) is 0 Å². The summed E-state index contributed by atoms with van der Waals surface area (Å²) in [4.78, 5) is 39.0. The molecule has 170 valence electrons. The number of rotatable bonds is 8. The van der Waals surface area contributed by atoms with Crippen molar-refractivity contribution in [1.29, 1.82) is 0 Å². The number of methoxy groups -OCH3 is 1. The van der Waals surface area contributed by atoms with Gasteiger partial charge in [0.15, 0.2) is 11.5 Å². The topological polar surface area (TPSA) is 119 Å². The number of carbonyl (C=O) groups excluding carboxylic acids is 3. The molecule has 32 heavy (non-hydrogen) atoms. The Morgan fingerprint density at radius 2 is 2.03 bits per heavy atom. The molecule has 1 heterocycles. The summed E-state index contributed by atoms with van der Waals surface area (Å²) in [7, 11) is -8.97. The fraction of sp³-hybridized carbons (Fsp3) is 0.318. The Morgan fingerprint density at radius 1 is 1.25 bits per heavy atom. The van der Waals surface area contributed by atoms with Crippen molar-refractivity contribution in [3.8, 4) is 11.5 Å². The normalized spacial score (nSPS) is 20.6. The molecule has 0 aromatic heterocycles. The number of carbonyl (C=O) groups is 3. The van der Waals surface area contributed by atoms with Crippen LogP contribution in [0.5, 0.6) is 11.5 Å². The highest BCUT2D eigenvalue weighted by molar-refractivity contribution is 7.90. The number of imide groups is 1. The fourth-order valence-electron chi connectivity index (χ4n) is 3.15. The quantitative estimate of drug-likeness (QED) is 0.590. The first-order valence-corrected chi connectivity index (χ1v) is 10.6. The average molecular weight is 470 g/mol. The van der Waals surface area contributed by atoms with Crippen molar-refractivity contribution in [1.82, 2.24) is 4.90 Å². The molecular weight excluding hydrogens is 436 g/mol. The van der Waals surface area contributed by atoms with Gasteiger partial charge in [-0.15, -0.1) is 0 Å². The number of ether oxygens (including phenoxy) is 2. The van der Waals surface area contributed by atoms with Crippen molar-refractivity contribution >= 4 is 33.2 Å². The number of sulfone groups is 1. The van der Waals surface area contributed by atoms with Crippen LogP contribution in [-0.2, 0) is 14.6 Å². The van der Waals surface area contributed by atoms with E-state index in [1.165, 1.54) is 19.1 Å². The largest absolute Gasteiger partial charge is 0.493 e. The molecule has 3 rings (SSSR count). The number of nitrogens with zero attached hydrogens (tertiary/aromatic N) is 1. The van der Waals surface area contributed by atoms with Gasteiger partial charge in [-0.25, -0.2) is 8.42 Å². The van der Waals surface area contributed by atoms with Gasteiger partial charge in [-0.1, -0.05) is 12.1 Å². The van der Waals surface area contributed by atoms with Crippen molar-refractivity contribution in [3.05, 3.63) is 53.1 Å². The van der Waals surface area contributed by atoms with Gasteiger partial charge >= 0.3 is 0 Å². The third-order valence-corrected chi connectivity index (χ3v) is 4.77. The Labute approximate surface area is 198 Å². The molecule has 10 heteroatoms. The number of fused-ring (bicyclic) bond motifs is 1. The van der Waals surface area contributed by atoms with E-state index in [4.69, 9.17) is 20.4 Å². The van der Waals surface area contributed by atoms with Crippen LogP contribution in [0.1, 0.15) is 58.5 Å². The minimum atomic E-state index is -5.98. The third kappa shape index (κ3) is 4.59. The maximum Gasteiger partial charge on any atom is 0.264 e. The molecule has 2 aromatic carbocycles. The molecule has 1 aliphatic rings. The second-order valence-electron chi connectivity index (χ2n) is 6.51. The number of benzene rings is 2. The molecule has 0 radical (unpaired) electrons. The Kier molecular flexibility index (Phi) is 3.90. The lowest BCUT2D eigenvalue weighted by Gasteiger charge is -2.27. The minimum Gasteiger partial charge on any atom is -0.493 e. The second-order valence-corrected chi connectivity index (χ2v) is 7.72. The number of hydrogen-bond donors (Lipinski definition) is 1. The zero-order chi connectivity index (χ0) is 31.3. The molecule has 0 bridgehead atoms. The van der Waals surface area contributed by atoms with E-state index in [9.17, 15) is 24.2 Å². The second kappa shape index (κ2) is 8.99. The lowest BCUT2D eigenvalue weighted by atomic mass is 10.1. The van der Waals surface area contributed by atoms with Gasteiger partial charge in [0.25, 0.3) is 11.8 Å². The van der Waals surface area contributed by atoms with E-state index < -0.39 is 80.7 Å². The first-order chi connectivity index (χ1) is 18.6. The van der Waals surface area contributed by atoms with Crippen LogP contribution in [0.3, 0.4) is 0 Å². The zero-order valence-electron chi connectivity index (χ0n) is 25.9. The van der Waals surface area contributed by atoms with Crippen LogP contribution in [0.4, 0.5) is 5.69 Å². The van der Waals surface area contributed by atoms with E-state index in [-0.39, 0.29) is 17.2 Å². The van der Waals surface area contributed by atoms with E-state index in [2.05, 4.69) is 5.32 Å². The SMILES string of the molecule is [2H]C([2H])([2H])Oc1ccc([C@]([2H])(N2C(=O)c3cccc(NC(C)=O)c3C2=O)C([2H])([2H])S(=O)(=O)C([2H])([2H])[2H])cc1OCC. The monoisotopic (exact) mass is 469 g/mol. The molecule has 0 aliphatic carbocycles. The standard InChI is InChI=1S/C22H24N2O7S/c1-5-31-19-11-14(9-10-18(19)30-3)17(12-32(4,28)29)24-21(26)15-7-6-8-16(23-13(2)25)20(15)22(24)27/h6-11,17H,5,12H2,1-4H3,(H,23,25)/t17-/m1/s1/i3D3,4D3,12D2,17D. The number of amides is 3. The minimum absolute atomic E-state index is 0.0539. The predicted octanol–water partition coefficient (Wildman–Crippen LogP) is 2.43. The highest BCUT2D eigenvalue weighted by atomic mass is 32.2. The summed E-state index contributed by atoms with van der Waals surface area (Å²) in [5.41, 5.74) is -6.09. The van der Waals surface area contributed by atoms with E-state index in [0.29, 0.717) is 0 Å². The Bertz CT molecular complexity index is 1520.